The molecule has 0 aliphatic carbocycles. The van der Waals surface area contributed by atoms with Crippen molar-refractivity contribution in [2.45, 2.75) is 12.8 Å². The molecule has 0 aromatic heterocycles. The van der Waals surface area contributed by atoms with Crippen molar-refractivity contribution in [1.82, 2.24) is 0 Å². The Balaban J connectivity index is 1.43. The number of rotatable bonds is 8. The van der Waals surface area contributed by atoms with E-state index >= 15 is 0 Å². The van der Waals surface area contributed by atoms with Gasteiger partial charge in [-0.3, -0.25) is 5.43 Å². The third-order valence-corrected chi connectivity index (χ3v) is 4.67. The molecule has 0 aliphatic heterocycles. The molecular weight excluding hydrogens is 379 g/mol. The van der Waals surface area contributed by atoms with Crippen LogP contribution >= 0.6 is 23.2 Å². The van der Waals surface area contributed by atoms with Gasteiger partial charge in [0.1, 0.15) is 5.75 Å². The number of ether oxygens (including phenoxy) is 1. The summed E-state index contributed by atoms with van der Waals surface area (Å²) < 4.78 is 5.79. The van der Waals surface area contributed by atoms with Gasteiger partial charge in [-0.25, -0.2) is 0 Å². The minimum atomic E-state index is 0.491. The van der Waals surface area contributed by atoms with Crippen molar-refractivity contribution in [3.05, 3.63) is 94.0 Å². The predicted octanol–water partition coefficient (Wildman–Crippen LogP) is 6.45. The molecule has 3 rings (SSSR count). The van der Waals surface area contributed by atoms with E-state index in [1.165, 1.54) is 5.56 Å². The van der Waals surface area contributed by atoms with E-state index in [0.717, 1.165) is 29.8 Å². The lowest BCUT2D eigenvalue weighted by atomic mass is 10.1. The predicted molar refractivity (Wildman–Crippen MR) is 114 cm³/mol. The molecule has 27 heavy (non-hydrogen) atoms. The van der Waals surface area contributed by atoms with Gasteiger partial charge < -0.3 is 4.74 Å². The number of benzene rings is 3. The van der Waals surface area contributed by atoms with E-state index in [2.05, 4.69) is 34.8 Å². The van der Waals surface area contributed by atoms with Crippen LogP contribution in [0.15, 0.2) is 77.9 Å². The Kier molecular flexibility index (Phi) is 7.14. The Morgan fingerprint density at radius 3 is 2.41 bits per heavy atom. The highest BCUT2D eigenvalue weighted by molar-refractivity contribution is 6.42. The summed E-state index contributed by atoms with van der Waals surface area (Å²) in [5.74, 6) is 0.859. The average Bonchev–Trinajstić information content (AvgIpc) is 2.70. The standard InChI is InChI=1S/C22H20Cl2N2O/c23-21-13-10-19(15-22(21)24)26-25-16-18-8-11-20(12-9-18)27-14-4-7-17-5-2-1-3-6-17/h1-3,5-6,8-13,15-16,26H,4,7,14H2. The molecule has 0 amide bonds. The van der Waals surface area contributed by atoms with Gasteiger partial charge in [-0.1, -0.05) is 53.5 Å². The van der Waals surface area contributed by atoms with Crippen LogP contribution in [0, 0.1) is 0 Å². The lowest BCUT2D eigenvalue weighted by molar-refractivity contribution is 0.311. The summed E-state index contributed by atoms with van der Waals surface area (Å²) in [6.45, 7) is 0.696. The first-order valence-electron chi connectivity index (χ1n) is 8.71. The second kappa shape index (κ2) is 10.0. The average molecular weight is 399 g/mol. The SMILES string of the molecule is Clc1ccc(NN=Cc2ccc(OCCCc3ccccc3)cc2)cc1Cl. The monoisotopic (exact) mass is 398 g/mol. The fraction of sp³-hybridized carbons (Fsp3) is 0.136. The molecule has 138 valence electrons. The van der Waals surface area contributed by atoms with Gasteiger partial charge in [0, 0.05) is 0 Å². The first kappa shape index (κ1) is 19.3. The van der Waals surface area contributed by atoms with Crippen LogP contribution in [-0.2, 0) is 6.42 Å². The lowest BCUT2D eigenvalue weighted by Crippen LogP contribution is -1.99. The summed E-state index contributed by atoms with van der Waals surface area (Å²) in [4.78, 5) is 0. The Bertz CT molecular complexity index is 881. The van der Waals surface area contributed by atoms with Gasteiger partial charge in [0.05, 0.1) is 28.6 Å². The van der Waals surface area contributed by atoms with Crippen molar-refractivity contribution in [2.75, 3.05) is 12.0 Å². The number of nitrogens with one attached hydrogen (secondary N) is 1. The summed E-state index contributed by atoms with van der Waals surface area (Å²) in [6, 6.07) is 23.5. The molecule has 0 radical (unpaired) electrons. The highest BCUT2D eigenvalue weighted by Crippen LogP contribution is 2.24. The van der Waals surface area contributed by atoms with E-state index in [4.69, 9.17) is 27.9 Å². The number of hydrogen-bond acceptors (Lipinski definition) is 3. The maximum atomic E-state index is 5.98. The molecule has 0 aliphatic rings. The molecule has 3 aromatic rings. The van der Waals surface area contributed by atoms with Gasteiger partial charge in [0.15, 0.2) is 0 Å². The van der Waals surface area contributed by atoms with E-state index in [-0.39, 0.29) is 0 Å². The van der Waals surface area contributed by atoms with Crippen LogP contribution in [0.4, 0.5) is 5.69 Å². The van der Waals surface area contributed by atoms with E-state index in [1.807, 2.05) is 36.4 Å². The summed E-state index contributed by atoms with van der Waals surface area (Å²) >= 11 is 11.9. The van der Waals surface area contributed by atoms with Gasteiger partial charge in [0.25, 0.3) is 0 Å². The highest BCUT2D eigenvalue weighted by Gasteiger charge is 1.98. The first-order chi connectivity index (χ1) is 13.2. The van der Waals surface area contributed by atoms with Crippen LogP contribution in [0.25, 0.3) is 0 Å². The maximum absolute atomic E-state index is 5.98. The third-order valence-electron chi connectivity index (χ3n) is 3.93. The zero-order valence-corrected chi connectivity index (χ0v) is 16.3. The van der Waals surface area contributed by atoms with Crippen LogP contribution in [0.2, 0.25) is 10.0 Å². The molecule has 0 saturated carbocycles. The molecule has 0 atom stereocenters. The Hall–Kier alpha value is -2.49. The number of hydrazone groups is 1. The summed E-state index contributed by atoms with van der Waals surface area (Å²) in [5.41, 5.74) is 6.01. The number of halogens is 2. The van der Waals surface area contributed by atoms with Crippen molar-refractivity contribution >= 4 is 35.1 Å². The molecule has 0 unspecified atom stereocenters. The normalized spacial score (nSPS) is 10.9. The van der Waals surface area contributed by atoms with Crippen molar-refractivity contribution in [3.63, 3.8) is 0 Å². The molecule has 0 bridgehead atoms. The van der Waals surface area contributed by atoms with Crippen LogP contribution in [0.5, 0.6) is 5.75 Å². The molecule has 5 heteroatoms. The molecule has 0 fully saturated rings. The molecule has 0 heterocycles. The quantitative estimate of drug-likeness (QED) is 0.268. The largest absolute Gasteiger partial charge is 0.494 e. The summed E-state index contributed by atoms with van der Waals surface area (Å²) in [6.07, 6.45) is 3.74. The van der Waals surface area contributed by atoms with Crippen molar-refractivity contribution < 1.29 is 4.74 Å². The fourth-order valence-corrected chi connectivity index (χ4v) is 2.81. The highest BCUT2D eigenvalue weighted by atomic mass is 35.5. The number of nitrogens with zero attached hydrogens (tertiary/aromatic N) is 1. The van der Waals surface area contributed by atoms with E-state index in [0.29, 0.717) is 16.7 Å². The van der Waals surface area contributed by atoms with E-state index in [9.17, 15) is 0 Å². The third kappa shape index (κ3) is 6.31. The van der Waals surface area contributed by atoms with Gasteiger partial charge in [0.2, 0.25) is 0 Å². The number of hydrogen-bond donors (Lipinski definition) is 1. The summed E-state index contributed by atoms with van der Waals surface area (Å²) in [5, 5.41) is 5.21. The van der Waals surface area contributed by atoms with E-state index < -0.39 is 0 Å². The summed E-state index contributed by atoms with van der Waals surface area (Å²) in [7, 11) is 0. The minimum absolute atomic E-state index is 0.491. The second-order valence-corrected chi connectivity index (χ2v) is 6.82. The Morgan fingerprint density at radius 2 is 1.67 bits per heavy atom. The minimum Gasteiger partial charge on any atom is -0.494 e. The zero-order chi connectivity index (χ0) is 18.9. The maximum Gasteiger partial charge on any atom is 0.119 e. The molecule has 0 saturated heterocycles. The van der Waals surface area contributed by atoms with Gasteiger partial charge >= 0.3 is 0 Å². The van der Waals surface area contributed by atoms with Crippen molar-refractivity contribution in [3.8, 4) is 5.75 Å². The smallest absolute Gasteiger partial charge is 0.119 e. The van der Waals surface area contributed by atoms with Gasteiger partial charge in [-0.2, -0.15) is 5.10 Å². The lowest BCUT2D eigenvalue weighted by Gasteiger charge is -2.06. The molecule has 3 aromatic carbocycles. The van der Waals surface area contributed by atoms with Crippen molar-refractivity contribution in [1.29, 1.82) is 0 Å². The number of anilines is 1. The first-order valence-corrected chi connectivity index (χ1v) is 9.47. The van der Waals surface area contributed by atoms with Crippen molar-refractivity contribution in [2.24, 2.45) is 5.10 Å². The fourth-order valence-electron chi connectivity index (χ4n) is 2.51. The van der Waals surface area contributed by atoms with Crippen LogP contribution in [-0.4, -0.2) is 12.8 Å². The molecule has 0 spiro atoms. The topological polar surface area (TPSA) is 33.6 Å². The van der Waals surface area contributed by atoms with Gasteiger partial charge in [-0.05, 0) is 66.4 Å². The van der Waals surface area contributed by atoms with Crippen LogP contribution in [0.3, 0.4) is 0 Å². The molecular formula is C22H20Cl2N2O. The van der Waals surface area contributed by atoms with E-state index in [1.54, 1.807) is 18.3 Å². The van der Waals surface area contributed by atoms with Gasteiger partial charge in [-0.15, -0.1) is 0 Å². The van der Waals surface area contributed by atoms with Crippen LogP contribution < -0.4 is 10.2 Å². The molecule has 1 N–H and O–H groups in total. The Labute approximate surface area is 169 Å². The molecule has 3 nitrogen and oxygen atoms in total. The zero-order valence-electron chi connectivity index (χ0n) is 14.7. The number of aryl methyl sites for hydroxylation is 1. The second-order valence-electron chi connectivity index (χ2n) is 6.01. The Morgan fingerprint density at radius 1 is 0.889 bits per heavy atom. The van der Waals surface area contributed by atoms with Crippen LogP contribution in [0.1, 0.15) is 17.5 Å².